The fourth-order valence-corrected chi connectivity index (χ4v) is 10.0. The van der Waals surface area contributed by atoms with Gasteiger partial charge in [0.05, 0.1) is 25.4 Å². The Balaban J connectivity index is 7.63. The molecule has 13 amide bonds. The van der Waals surface area contributed by atoms with E-state index in [1.54, 1.807) is 145 Å². The molecule has 0 aromatic heterocycles. The van der Waals surface area contributed by atoms with Crippen molar-refractivity contribution in [1.82, 2.24) is 63.8 Å². The zero-order valence-corrected chi connectivity index (χ0v) is 71.1. The highest BCUT2D eigenvalue weighted by Gasteiger charge is 2.37. The number of rotatable bonds is 45. The molecule has 0 aromatic rings. The van der Waals surface area contributed by atoms with Crippen molar-refractivity contribution in [2.45, 2.75) is 350 Å². The number of nitrogens with one attached hydrogen (secondary N) is 12. The van der Waals surface area contributed by atoms with Gasteiger partial charge in [0.1, 0.15) is 81.5 Å². The van der Waals surface area contributed by atoms with E-state index in [1.807, 2.05) is 0 Å². The Labute approximate surface area is 666 Å². The van der Waals surface area contributed by atoms with Crippen LogP contribution in [-0.4, -0.2) is 216 Å². The second-order valence-corrected chi connectivity index (χ2v) is 34.8. The zero-order chi connectivity index (χ0) is 87.2. The molecule has 648 valence electrons. The van der Waals surface area contributed by atoms with Gasteiger partial charge < -0.3 is 108 Å². The van der Waals surface area contributed by atoms with Crippen LogP contribution in [0.4, 0.5) is 19.2 Å². The van der Waals surface area contributed by atoms with Gasteiger partial charge in [0.15, 0.2) is 0 Å². The van der Waals surface area contributed by atoms with E-state index in [0.29, 0.717) is 6.42 Å². The monoisotopic (exact) mass is 1610 g/mol. The molecular weight excluding hydrogens is 1480 g/mol. The highest BCUT2D eigenvalue weighted by atomic mass is 16.6. The summed E-state index contributed by atoms with van der Waals surface area (Å²) < 4.78 is 37.5. The Morgan fingerprint density at radius 1 is 0.292 bits per heavy atom. The van der Waals surface area contributed by atoms with Gasteiger partial charge in [0.25, 0.3) is 0 Å². The van der Waals surface area contributed by atoms with Gasteiger partial charge in [-0.3, -0.25) is 57.5 Å². The number of alkyl carbamates (subject to hydrolysis) is 4. The van der Waals surface area contributed by atoms with E-state index in [0.717, 1.165) is 0 Å². The summed E-state index contributed by atoms with van der Waals surface area (Å²) in [4.78, 5) is 217. The topological polar surface area (TPSA) is 534 Å². The fourth-order valence-electron chi connectivity index (χ4n) is 10.0. The van der Waals surface area contributed by atoms with Crippen molar-refractivity contribution in [3.63, 3.8) is 0 Å². The number of primary amides is 1. The van der Waals surface area contributed by atoms with Gasteiger partial charge in [-0.1, -0.05) is 13.8 Å². The number of carbonyl (C=O) groups is 16. The normalized spacial score (nSPS) is 14.1. The SMILES string of the molecule is CC(C)[C@H](NC(=O)[C@H](CCC(=O)OC(C)(C)C)NC(=O)[C@@H](N)CC(=O)OC(C)(C)C)C(=O)N[C@@H](CC(=O)OC(C)(C)C)C(=O)NCC(=O)N[C@@H](CCCCNC(=O)OC(C)(C)C)C(=O)N[C@@H](CCCCNC(=O)OC(C)(C)C)C(=O)N[C@@H](CCCCNC(=O)OC(C)(C)C)C(=O)N[C@@H](CCCCNC(=O)OC(C)(C)C)C(N)=O. The van der Waals surface area contributed by atoms with Gasteiger partial charge in [-0.05, 0) is 235 Å². The van der Waals surface area contributed by atoms with Gasteiger partial charge in [0, 0.05) is 32.6 Å². The van der Waals surface area contributed by atoms with Crippen LogP contribution >= 0.6 is 0 Å². The summed E-state index contributed by atoms with van der Waals surface area (Å²) in [6.07, 6.45) is -3.86. The van der Waals surface area contributed by atoms with Gasteiger partial charge in [-0.15, -0.1) is 0 Å². The van der Waals surface area contributed by atoms with E-state index >= 15 is 0 Å². The number of unbranched alkanes of at least 4 members (excludes halogenated alkanes) is 4. The van der Waals surface area contributed by atoms with Crippen molar-refractivity contribution in [3.05, 3.63) is 0 Å². The van der Waals surface area contributed by atoms with Crippen LogP contribution in [-0.2, 0) is 90.7 Å². The lowest BCUT2D eigenvalue weighted by molar-refractivity contribution is -0.157. The summed E-state index contributed by atoms with van der Waals surface area (Å²) in [5, 5.41) is 30.9. The van der Waals surface area contributed by atoms with Crippen molar-refractivity contribution in [3.8, 4) is 0 Å². The summed E-state index contributed by atoms with van der Waals surface area (Å²) in [7, 11) is 0. The zero-order valence-electron chi connectivity index (χ0n) is 71.1. The number of hydrogen-bond donors (Lipinski definition) is 14. The van der Waals surface area contributed by atoms with Gasteiger partial charge in [0.2, 0.25) is 53.2 Å². The van der Waals surface area contributed by atoms with Gasteiger partial charge in [-0.25, -0.2) is 19.2 Å². The molecule has 0 radical (unpaired) electrons. The third-order valence-corrected chi connectivity index (χ3v) is 14.9. The molecule has 0 aliphatic rings. The summed E-state index contributed by atoms with van der Waals surface area (Å²) >= 11 is 0. The molecule has 37 heteroatoms. The molecule has 0 rings (SSSR count). The summed E-state index contributed by atoms with van der Waals surface area (Å²) in [6, 6.07) is -12.3. The third-order valence-electron chi connectivity index (χ3n) is 14.9. The van der Waals surface area contributed by atoms with Crippen LogP contribution in [0.25, 0.3) is 0 Å². The molecular formula is C76H136N14O23. The van der Waals surface area contributed by atoms with Crippen LogP contribution in [0.3, 0.4) is 0 Å². The molecule has 0 fully saturated rings. The number of carbonyl (C=O) groups excluding carboxylic acids is 16. The maximum absolute atomic E-state index is 14.9. The maximum atomic E-state index is 14.9. The summed E-state index contributed by atoms with van der Waals surface area (Å²) in [6.45, 7) is 36.9. The Morgan fingerprint density at radius 2 is 0.575 bits per heavy atom. The van der Waals surface area contributed by atoms with Crippen LogP contribution in [0.15, 0.2) is 0 Å². The standard InChI is InChI=1S/C76H136N14O23/c1-45(2)57(90-64(101)51(36-37-54(92)107-70(3,4)5)86-59(96)46(77)42-55(93)108-71(6,7)8)65(102)89-52(43-56(94)109-72(9,10)11)60(97)83-44-53(91)84-48(33-25-29-39-80-67(104)111-74(15,16)17)61(98)87-50(35-27-31-41-82-69(106)113-76(21,22)23)63(100)88-49(34-26-30-40-81-68(105)112-75(18,19)20)62(99)85-47(58(78)95)32-24-28-38-79-66(103)110-73(12,13)14/h45-52,57H,24-44,77H2,1-23H3,(H2,78,95)(H,79,103)(H,80,104)(H,81,105)(H,82,106)(H,83,97)(H,84,91)(H,85,99)(H,86,96)(H,87,98)(H,88,100)(H,89,102)(H,90,101)/t46-,47-,48-,49-,50-,51-,52-,57-/m0/s1. The quantitative estimate of drug-likeness (QED) is 0.0229. The number of esters is 3. The van der Waals surface area contributed by atoms with Crippen LogP contribution in [0.2, 0.25) is 0 Å². The first-order valence-electron chi connectivity index (χ1n) is 38.6. The predicted octanol–water partition coefficient (Wildman–Crippen LogP) is 4.33. The van der Waals surface area contributed by atoms with Gasteiger partial charge >= 0.3 is 42.3 Å². The highest BCUT2D eigenvalue weighted by molar-refractivity contribution is 5.99. The Morgan fingerprint density at radius 3 is 0.912 bits per heavy atom. The molecule has 0 heterocycles. The lowest BCUT2D eigenvalue weighted by atomic mass is 10.0. The first kappa shape index (κ1) is 104. The molecule has 0 bridgehead atoms. The lowest BCUT2D eigenvalue weighted by Crippen LogP contribution is -2.60. The molecule has 113 heavy (non-hydrogen) atoms. The van der Waals surface area contributed by atoms with Crippen molar-refractivity contribution in [1.29, 1.82) is 0 Å². The van der Waals surface area contributed by atoms with Crippen molar-refractivity contribution in [2.75, 3.05) is 32.7 Å². The van der Waals surface area contributed by atoms with E-state index in [9.17, 15) is 76.7 Å². The molecule has 8 atom stereocenters. The van der Waals surface area contributed by atoms with E-state index in [1.165, 1.54) is 13.8 Å². The van der Waals surface area contributed by atoms with Crippen molar-refractivity contribution in [2.24, 2.45) is 17.4 Å². The fraction of sp³-hybridized carbons (Fsp3) is 0.789. The average molecular weight is 1610 g/mol. The molecule has 16 N–H and O–H groups in total. The van der Waals surface area contributed by atoms with Crippen molar-refractivity contribution < 1.29 is 110 Å². The van der Waals surface area contributed by atoms with Crippen LogP contribution in [0.5, 0.6) is 0 Å². The number of hydrogen-bond acceptors (Lipinski definition) is 24. The van der Waals surface area contributed by atoms with Gasteiger partial charge in [-0.2, -0.15) is 0 Å². The minimum atomic E-state index is -1.84. The van der Waals surface area contributed by atoms with Crippen LogP contribution < -0.4 is 75.3 Å². The Bertz CT molecular complexity index is 3150. The van der Waals surface area contributed by atoms with Crippen LogP contribution in [0, 0.1) is 5.92 Å². The third kappa shape index (κ3) is 53.3. The molecule has 0 aromatic carbocycles. The van der Waals surface area contributed by atoms with Crippen LogP contribution in [0.1, 0.15) is 262 Å². The van der Waals surface area contributed by atoms with Crippen molar-refractivity contribution >= 4 is 95.4 Å². The first-order valence-corrected chi connectivity index (χ1v) is 38.6. The summed E-state index contributed by atoms with van der Waals surface area (Å²) in [5.41, 5.74) is 5.65. The molecule has 0 unspecified atom stereocenters. The second-order valence-electron chi connectivity index (χ2n) is 34.8. The smallest absolute Gasteiger partial charge is 0.407 e. The first-order chi connectivity index (χ1) is 51.6. The number of nitrogens with two attached hydrogens (primary N) is 2. The molecule has 0 aliphatic heterocycles. The minimum Gasteiger partial charge on any atom is -0.460 e. The lowest BCUT2D eigenvalue weighted by Gasteiger charge is -2.28. The predicted molar refractivity (Wildman–Crippen MR) is 417 cm³/mol. The van der Waals surface area contributed by atoms with E-state index in [4.69, 9.17) is 44.6 Å². The highest BCUT2D eigenvalue weighted by Crippen LogP contribution is 2.18. The molecule has 0 saturated heterocycles. The minimum absolute atomic E-state index is 0.0105. The molecule has 0 aliphatic carbocycles. The van der Waals surface area contributed by atoms with E-state index < -0.39 is 221 Å². The number of ether oxygens (including phenoxy) is 7. The van der Waals surface area contributed by atoms with E-state index in [2.05, 4.69) is 63.8 Å². The molecule has 37 nitrogen and oxygen atoms in total. The average Bonchev–Trinajstić information content (AvgIpc) is 0.850. The Kier molecular flexibility index (Phi) is 44.7. The number of amides is 13. The maximum Gasteiger partial charge on any atom is 0.407 e. The Hall–Kier alpha value is -9.32. The van der Waals surface area contributed by atoms with E-state index in [-0.39, 0.29) is 96.8 Å². The molecule has 0 saturated carbocycles. The molecule has 0 spiro atoms. The second kappa shape index (κ2) is 48.7. The largest absolute Gasteiger partial charge is 0.460 e. The summed E-state index contributed by atoms with van der Waals surface area (Å²) in [5.74, 6) is -12.3.